The Kier molecular flexibility index (Phi) is 5.62. The molecule has 1 nitrogen and oxygen atoms in total. The van der Waals surface area contributed by atoms with Gasteiger partial charge in [-0.05, 0) is 70.4 Å². The van der Waals surface area contributed by atoms with E-state index in [0.29, 0.717) is 0 Å². The lowest BCUT2D eigenvalue weighted by molar-refractivity contribution is 1.30. The van der Waals surface area contributed by atoms with Gasteiger partial charge in [-0.25, -0.2) is 0 Å². The summed E-state index contributed by atoms with van der Waals surface area (Å²) < 4.78 is 5.30. The fourth-order valence-corrected chi connectivity index (χ4v) is 8.75. The lowest BCUT2D eigenvalue weighted by Crippen LogP contribution is -2.09. The van der Waals surface area contributed by atoms with Crippen LogP contribution in [0.25, 0.3) is 62.2 Å². The molecule has 0 aliphatic rings. The Morgan fingerprint density at radius 2 is 1.02 bits per heavy atom. The minimum absolute atomic E-state index is 1.14. The van der Waals surface area contributed by atoms with Crippen molar-refractivity contribution in [3.63, 3.8) is 0 Å². The van der Waals surface area contributed by atoms with Crippen molar-refractivity contribution in [2.45, 2.75) is 0 Å². The van der Waals surface area contributed by atoms with E-state index in [1.54, 1.807) is 0 Å². The van der Waals surface area contributed by atoms with E-state index in [4.69, 9.17) is 0 Å². The summed E-state index contributed by atoms with van der Waals surface area (Å²) in [5, 5.41) is 7.87. The van der Waals surface area contributed by atoms with Crippen LogP contribution in [0.1, 0.15) is 0 Å². The molecule has 0 bridgehead atoms. The summed E-state index contributed by atoms with van der Waals surface area (Å²) in [5.74, 6) is 0. The molecule has 0 radical (unpaired) electrons. The summed E-state index contributed by atoms with van der Waals surface area (Å²) in [4.78, 5) is 2.42. The molecule has 0 N–H and O–H groups in total. The maximum atomic E-state index is 2.42. The minimum Gasteiger partial charge on any atom is -0.310 e. The first-order valence-electron chi connectivity index (χ1n) is 14.5. The second-order valence-electron chi connectivity index (χ2n) is 11.0. The highest BCUT2D eigenvalue weighted by molar-refractivity contribution is 7.26. The number of hydrogen-bond acceptors (Lipinski definition) is 3. The second-order valence-corrected chi connectivity index (χ2v) is 13.1. The predicted molar refractivity (Wildman–Crippen MR) is 190 cm³/mol. The van der Waals surface area contributed by atoms with Crippen molar-refractivity contribution in [2.75, 3.05) is 4.90 Å². The van der Waals surface area contributed by atoms with Gasteiger partial charge in [-0.15, -0.1) is 22.7 Å². The zero-order valence-corrected chi connectivity index (χ0v) is 24.8. The monoisotopic (exact) mass is 583 g/mol. The molecule has 0 unspecified atom stereocenters. The lowest BCUT2D eigenvalue weighted by atomic mass is 10.0. The van der Waals surface area contributed by atoms with Crippen molar-refractivity contribution in [3.8, 4) is 11.1 Å². The summed E-state index contributed by atoms with van der Waals surface area (Å²) in [5.41, 5.74) is 5.89. The fourth-order valence-electron chi connectivity index (χ4n) is 6.39. The highest BCUT2D eigenvalue weighted by Gasteiger charge is 2.17. The second kappa shape index (κ2) is 9.81. The molecule has 2 heterocycles. The largest absolute Gasteiger partial charge is 0.310 e. The lowest BCUT2D eigenvalue weighted by Gasteiger charge is -2.26. The van der Waals surface area contributed by atoms with Crippen LogP contribution in [-0.4, -0.2) is 0 Å². The first-order valence-corrected chi connectivity index (χ1v) is 16.1. The fraction of sp³-hybridized carbons (Fsp3) is 0. The molecule has 9 aromatic rings. The molecule has 2 aromatic heterocycles. The van der Waals surface area contributed by atoms with Crippen LogP contribution in [0, 0.1) is 0 Å². The summed E-state index contributed by atoms with van der Waals surface area (Å²) in [6.07, 6.45) is 0. The molecule has 0 amide bonds. The Hall–Kier alpha value is -4.96. The van der Waals surface area contributed by atoms with Crippen LogP contribution in [0.3, 0.4) is 0 Å². The van der Waals surface area contributed by atoms with Gasteiger partial charge in [-0.1, -0.05) is 103 Å². The summed E-state index contributed by atoms with van der Waals surface area (Å²) >= 11 is 3.76. The molecule has 0 saturated heterocycles. The van der Waals surface area contributed by atoms with Gasteiger partial charge in [0.05, 0.1) is 0 Å². The third-order valence-corrected chi connectivity index (χ3v) is 10.8. The molecule has 0 saturated carbocycles. The highest BCUT2D eigenvalue weighted by Crippen LogP contribution is 2.44. The van der Waals surface area contributed by atoms with E-state index in [2.05, 4.69) is 157 Å². The number of nitrogens with zero attached hydrogens (tertiary/aromatic N) is 1. The Bertz CT molecular complexity index is 2470. The zero-order valence-electron chi connectivity index (χ0n) is 23.2. The van der Waals surface area contributed by atoms with Crippen LogP contribution in [0.5, 0.6) is 0 Å². The molecule has 0 fully saturated rings. The number of anilines is 3. The zero-order chi connectivity index (χ0) is 28.3. The Labute approximate surface area is 257 Å². The van der Waals surface area contributed by atoms with Gasteiger partial charge in [0.25, 0.3) is 0 Å². The molecule has 9 rings (SSSR count). The average Bonchev–Trinajstić information content (AvgIpc) is 3.63. The first-order chi connectivity index (χ1) is 21.3. The number of fused-ring (bicyclic) bond motifs is 8. The van der Waals surface area contributed by atoms with E-state index in [1.165, 1.54) is 62.2 Å². The van der Waals surface area contributed by atoms with Gasteiger partial charge in [-0.2, -0.15) is 0 Å². The summed E-state index contributed by atoms with van der Waals surface area (Å²) in [7, 11) is 0. The first kappa shape index (κ1) is 24.6. The number of benzene rings is 7. The van der Waals surface area contributed by atoms with Crippen molar-refractivity contribution in [1.82, 2.24) is 0 Å². The Morgan fingerprint density at radius 1 is 0.349 bits per heavy atom. The number of rotatable bonds is 4. The third kappa shape index (κ3) is 4.04. The van der Waals surface area contributed by atoms with E-state index in [-0.39, 0.29) is 0 Å². The van der Waals surface area contributed by atoms with Gasteiger partial charge in [-0.3, -0.25) is 0 Å². The molecule has 0 spiro atoms. The maximum absolute atomic E-state index is 2.42. The van der Waals surface area contributed by atoms with E-state index < -0.39 is 0 Å². The predicted octanol–water partition coefficient (Wildman–Crippen LogP) is 12.7. The van der Waals surface area contributed by atoms with Crippen molar-refractivity contribution in [3.05, 3.63) is 152 Å². The van der Waals surface area contributed by atoms with Crippen LogP contribution in [-0.2, 0) is 0 Å². The number of hydrogen-bond donors (Lipinski definition) is 0. The minimum atomic E-state index is 1.14. The normalized spacial score (nSPS) is 11.7. The van der Waals surface area contributed by atoms with E-state index in [1.807, 2.05) is 22.7 Å². The van der Waals surface area contributed by atoms with Gasteiger partial charge in [0.15, 0.2) is 0 Å². The van der Waals surface area contributed by atoms with Crippen LogP contribution < -0.4 is 4.90 Å². The SMILES string of the molecule is c1ccc(-c2cccc(N(c3ccc4c(c3)sc3ccccc34)c3ccc4sc5c6ccccc6ccc5c4c3)c2)cc1. The standard InChI is InChI=1S/C40H25NS2/c1-2-9-26(10-3-1)28-12-8-13-29(23-28)41(31-18-21-34-33-15-6-7-16-37(33)42-39(34)25-31)30-19-22-38-36(24-30)35-20-17-27-11-4-5-14-32(27)40(35)43-38/h1-25H. The molecule has 7 aromatic carbocycles. The van der Waals surface area contributed by atoms with E-state index in [0.717, 1.165) is 17.1 Å². The molecule has 0 aliphatic carbocycles. The van der Waals surface area contributed by atoms with Crippen molar-refractivity contribution in [2.24, 2.45) is 0 Å². The van der Waals surface area contributed by atoms with Crippen molar-refractivity contribution in [1.29, 1.82) is 0 Å². The number of thiophene rings is 2. The van der Waals surface area contributed by atoms with Crippen LogP contribution in [0.2, 0.25) is 0 Å². The van der Waals surface area contributed by atoms with Crippen LogP contribution in [0.15, 0.2) is 152 Å². The van der Waals surface area contributed by atoms with Crippen molar-refractivity contribution < 1.29 is 0 Å². The van der Waals surface area contributed by atoms with Crippen LogP contribution in [0.4, 0.5) is 17.1 Å². The topological polar surface area (TPSA) is 3.24 Å². The smallest absolute Gasteiger partial charge is 0.0476 e. The molecule has 202 valence electrons. The molecule has 0 aliphatic heterocycles. The quantitative estimate of drug-likeness (QED) is 0.199. The Morgan fingerprint density at radius 3 is 1.95 bits per heavy atom. The van der Waals surface area contributed by atoms with E-state index in [9.17, 15) is 0 Å². The average molecular weight is 584 g/mol. The molecular weight excluding hydrogens is 559 g/mol. The molecular formula is C40H25NS2. The maximum Gasteiger partial charge on any atom is 0.0476 e. The molecule has 43 heavy (non-hydrogen) atoms. The summed E-state index contributed by atoms with van der Waals surface area (Å²) in [6, 6.07) is 55.4. The van der Waals surface area contributed by atoms with Gasteiger partial charge < -0.3 is 4.90 Å². The van der Waals surface area contributed by atoms with Crippen molar-refractivity contribution >= 4 is 90.9 Å². The van der Waals surface area contributed by atoms with Gasteiger partial charge in [0.2, 0.25) is 0 Å². The molecule has 3 heteroatoms. The van der Waals surface area contributed by atoms with Crippen LogP contribution >= 0.6 is 22.7 Å². The highest BCUT2D eigenvalue weighted by atomic mass is 32.1. The van der Waals surface area contributed by atoms with Gasteiger partial charge in [0.1, 0.15) is 0 Å². The summed E-state index contributed by atoms with van der Waals surface area (Å²) in [6.45, 7) is 0. The van der Waals surface area contributed by atoms with Gasteiger partial charge in [0, 0.05) is 57.4 Å². The van der Waals surface area contributed by atoms with Gasteiger partial charge >= 0.3 is 0 Å². The van der Waals surface area contributed by atoms with E-state index >= 15 is 0 Å². The Balaban J connectivity index is 1.27. The molecule has 0 atom stereocenters. The third-order valence-electron chi connectivity index (χ3n) is 8.44.